The van der Waals surface area contributed by atoms with Gasteiger partial charge in [-0.15, -0.1) is 0 Å². The summed E-state index contributed by atoms with van der Waals surface area (Å²) in [7, 11) is 1.84. The number of anilines is 2. The number of hydrogen-bond donors (Lipinski definition) is 2. The third-order valence-corrected chi connectivity index (χ3v) is 5.11. The van der Waals surface area contributed by atoms with Crippen LogP contribution in [-0.4, -0.2) is 48.3 Å². The maximum Gasteiger partial charge on any atom is 0.255 e. The molecule has 0 unspecified atom stereocenters. The number of tetrazole rings is 1. The van der Waals surface area contributed by atoms with E-state index in [1.807, 2.05) is 44.3 Å². The second-order valence-corrected chi connectivity index (χ2v) is 6.78. The van der Waals surface area contributed by atoms with Crippen LogP contribution in [0, 0.1) is 0 Å². The standard InChI is InChI=1S/C19H17N9O/c1-11-15(10-28-19(27(11)2)24-25-26-28)18(29)21-13-3-4-16-14(9-13)17(23-22-16)12-5-7-20-8-6-12/h3-9H,10H2,1-2H3,(H,21,29)(H,22,23). The lowest BCUT2D eigenvalue weighted by Gasteiger charge is -2.26. The number of allylic oxidation sites excluding steroid dienone is 1. The summed E-state index contributed by atoms with van der Waals surface area (Å²) in [4.78, 5) is 18.8. The molecule has 0 atom stereocenters. The highest BCUT2D eigenvalue weighted by molar-refractivity contribution is 6.06. The van der Waals surface area contributed by atoms with Gasteiger partial charge in [-0.1, -0.05) is 5.10 Å². The molecule has 10 nitrogen and oxygen atoms in total. The van der Waals surface area contributed by atoms with Crippen LogP contribution in [0.25, 0.3) is 22.2 Å². The number of amides is 1. The molecule has 4 heterocycles. The zero-order chi connectivity index (χ0) is 20.0. The number of fused-ring (bicyclic) bond motifs is 2. The van der Waals surface area contributed by atoms with Crippen LogP contribution < -0.4 is 10.2 Å². The largest absolute Gasteiger partial charge is 0.322 e. The Morgan fingerprint density at radius 2 is 2.03 bits per heavy atom. The van der Waals surface area contributed by atoms with Gasteiger partial charge in [0, 0.05) is 41.8 Å². The number of nitrogens with zero attached hydrogens (tertiary/aromatic N) is 7. The Labute approximate surface area is 165 Å². The molecule has 0 aliphatic carbocycles. The van der Waals surface area contributed by atoms with Crippen LogP contribution in [0.4, 0.5) is 11.6 Å². The molecule has 1 amide bonds. The van der Waals surface area contributed by atoms with Crippen molar-refractivity contribution < 1.29 is 4.79 Å². The maximum atomic E-state index is 13.0. The normalized spacial score (nSPS) is 13.7. The van der Waals surface area contributed by atoms with Crippen LogP contribution in [0.2, 0.25) is 0 Å². The molecule has 29 heavy (non-hydrogen) atoms. The molecule has 144 valence electrons. The van der Waals surface area contributed by atoms with Crippen LogP contribution in [0.5, 0.6) is 0 Å². The molecule has 0 saturated heterocycles. The predicted molar refractivity (Wildman–Crippen MR) is 107 cm³/mol. The van der Waals surface area contributed by atoms with Crippen molar-refractivity contribution in [3.8, 4) is 11.3 Å². The van der Waals surface area contributed by atoms with Crippen molar-refractivity contribution >= 4 is 28.4 Å². The van der Waals surface area contributed by atoms with Gasteiger partial charge in [-0.2, -0.15) is 5.10 Å². The van der Waals surface area contributed by atoms with E-state index in [1.165, 1.54) is 0 Å². The molecule has 0 bridgehead atoms. The lowest BCUT2D eigenvalue weighted by atomic mass is 10.1. The summed E-state index contributed by atoms with van der Waals surface area (Å²) < 4.78 is 1.60. The summed E-state index contributed by atoms with van der Waals surface area (Å²) in [6, 6.07) is 9.46. The molecule has 1 aliphatic heterocycles. The first-order valence-corrected chi connectivity index (χ1v) is 9.01. The summed E-state index contributed by atoms with van der Waals surface area (Å²) in [6.45, 7) is 2.20. The van der Waals surface area contributed by atoms with Crippen molar-refractivity contribution in [3.63, 3.8) is 0 Å². The van der Waals surface area contributed by atoms with Gasteiger partial charge in [-0.3, -0.25) is 14.9 Å². The minimum absolute atomic E-state index is 0.191. The smallest absolute Gasteiger partial charge is 0.255 e. The van der Waals surface area contributed by atoms with Gasteiger partial charge in [-0.05, 0) is 47.7 Å². The minimum Gasteiger partial charge on any atom is -0.322 e. The quantitative estimate of drug-likeness (QED) is 0.552. The van der Waals surface area contributed by atoms with E-state index in [0.29, 0.717) is 23.8 Å². The zero-order valence-corrected chi connectivity index (χ0v) is 15.8. The number of aromatic nitrogens is 7. The summed E-state index contributed by atoms with van der Waals surface area (Å²) >= 11 is 0. The Morgan fingerprint density at radius 1 is 1.21 bits per heavy atom. The van der Waals surface area contributed by atoms with E-state index in [1.54, 1.807) is 22.0 Å². The minimum atomic E-state index is -0.191. The second kappa shape index (κ2) is 6.51. The first-order valence-electron chi connectivity index (χ1n) is 9.01. The highest BCUT2D eigenvalue weighted by Gasteiger charge is 2.26. The van der Waals surface area contributed by atoms with Crippen molar-refractivity contribution in [1.82, 2.24) is 35.4 Å². The Morgan fingerprint density at radius 3 is 2.86 bits per heavy atom. The van der Waals surface area contributed by atoms with Gasteiger partial charge in [0.25, 0.3) is 5.91 Å². The molecule has 2 N–H and O–H groups in total. The molecule has 1 aliphatic rings. The predicted octanol–water partition coefficient (Wildman–Crippen LogP) is 1.97. The fourth-order valence-corrected chi connectivity index (χ4v) is 3.42. The topological polar surface area (TPSA) is 118 Å². The van der Waals surface area contributed by atoms with Gasteiger partial charge in [-0.25, -0.2) is 4.68 Å². The average Bonchev–Trinajstić information content (AvgIpc) is 3.38. The van der Waals surface area contributed by atoms with Gasteiger partial charge in [0.2, 0.25) is 5.95 Å². The number of hydrogen-bond acceptors (Lipinski definition) is 7. The van der Waals surface area contributed by atoms with Gasteiger partial charge in [0.15, 0.2) is 0 Å². The summed E-state index contributed by atoms with van der Waals surface area (Å²) in [5.41, 5.74) is 4.75. The van der Waals surface area contributed by atoms with Gasteiger partial charge in [0.1, 0.15) is 5.69 Å². The van der Waals surface area contributed by atoms with Crippen molar-refractivity contribution in [2.24, 2.45) is 0 Å². The fourth-order valence-electron chi connectivity index (χ4n) is 3.42. The van der Waals surface area contributed by atoms with Crippen LogP contribution in [0.3, 0.4) is 0 Å². The van der Waals surface area contributed by atoms with E-state index < -0.39 is 0 Å². The molecular formula is C19H17N9O. The molecule has 0 spiro atoms. The van der Waals surface area contributed by atoms with E-state index in [2.05, 4.69) is 36.0 Å². The lowest BCUT2D eigenvalue weighted by molar-refractivity contribution is -0.113. The van der Waals surface area contributed by atoms with E-state index in [0.717, 1.165) is 27.9 Å². The molecule has 1 aromatic carbocycles. The Hall–Kier alpha value is -4.08. The van der Waals surface area contributed by atoms with Crippen LogP contribution >= 0.6 is 0 Å². The van der Waals surface area contributed by atoms with Gasteiger partial charge >= 0.3 is 0 Å². The first kappa shape index (κ1) is 17.0. The van der Waals surface area contributed by atoms with Crippen molar-refractivity contribution in [1.29, 1.82) is 0 Å². The number of carbonyl (C=O) groups excluding carboxylic acids is 1. The number of benzene rings is 1. The number of H-pyrrole nitrogens is 1. The third-order valence-electron chi connectivity index (χ3n) is 5.11. The number of rotatable bonds is 3. The Balaban J connectivity index is 1.46. The van der Waals surface area contributed by atoms with E-state index in [-0.39, 0.29) is 5.91 Å². The highest BCUT2D eigenvalue weighted by Crippen LogP contribution is 2.29. The number of nitrogens with one attached hydrogen (secondary N) is 2. The Bertz CT molecular complexity index is 1260. The fraction of sp³-hybridized carbons (Fsp3) is 0.158. The molecular weight excluding hydrogens is 370 g/mol. The number of pyridine rings is 1. The molecule has 10 heteroatoms. The maximum absolute atomic E-state index is 13.0. The molecule has 5 rings (SSSR count). The second-order valence-electron chi connectivity index (χ2n) is 6.78. The molecule has 0 saturated carbocycles. The van der Waals surface area contributed by atoms with Crippen LogP contribution in [-0.2, 0) is 11.3 Å². The Kier molecular flexibility index (Phi) is 3.83. The summed E-state index contributed by atoms with van der Waals surface area (Å²) in [5, 5.41) is 22.9. The number of aromatic amines is 1. The summed E-state index contributed by atoms with van der Waals surface area (Å²) in [6.07, 6.45) is 3.45. The molecule has 0 fully saturated rings. The molecule has 0 radical (unpaired) electrons. The van der Waals surface area contributed by atoms with Crippen LogP contribution in [0.1, 0.15) is 6.92 Å². The monoisotopic (exact) mass is 387 g/mol. The lowest BCUT2D eigenvalue weighted by Crippen LogP contribution is -2.32. The van der Waals surface area contributed by atoms with Crippen molar-refractivity contribution in [2.45, 2.75) is 13.5 Å². The molecule has 3 aromatic heterocycles. The SMILES string of the molecule is CC1=C(C(=O)Nc2ccc3[nH]nc(-c4ccncc4)c3c2)Cn2nnnc2N1C. The number of carbonyl (C=O) groups is 1. The highest BCUT2D eigenvalue weighted by atomic mass is 16.1. The van der Waals surface area contributed by atoms with Crippen LogP contribution in [0.15, 0.2) is 54.0 Å². The van der Waals surface area contributed by atoms with Gasteiger partial charge in [0.05, 0.1) is 17.6 Å². The van der Waals surface area contributed by atoms with E-state index in [4.69, 9.17) is 0 Å². The van der Waals surface area contributed by atoms with E-state index in [9.17, 15) is 4.79 Å². The van der Waals surface area contributed by atoms with Crippen molar-refractivity contribution in [3.05, 3.63) is 54.0 Å². The molecule has 4 aromatic rings. The first-order chi connectivity index (χ1) is 14.1. The summed E-state index contributed by atoms with van der Waals surface area (Å²) in [5.74, 6) is 0.421. The average molecular weight is 387 g/mol. The zero-order valence-electron chi connectivity index (χ0n) is 15.8. The van der Waals surface area contributed by atoms with Gasteiger partial charge < -0.3 is 10.2 Å². The van der Waals surface area contributed by atoms with Crippen molar-refractivity contribution in [2.75, 3.05) is 17.3 Å². The third kappa shape index (κ3) is 2.81. The van der Waals surface area contributed by atoms with E-state index >= 15 is 0 Å².